The van der Waals surface area contributed by atoms with Gasteiger partial charge in [-0.2, -0.15) is 0 Å². The number of hydrogen-bond donors (Lipinski definition) is 2. The molecule has 5 nitrogen and oxygen atoms in total. The average molecular weight is 318 g/mol. The molecule has 2 saturated heterocycles. The minimum Gasteiger partial charge on any atom is -0.394 e. The van der Waals surface area contributed by atoms with Crippen LogP contribution in [0.4, 0.5) is 5.69 Å². The van der Waals surface area contributed by atoms with Crippen molar-refractivity contribution in [3.63, 3.8) is 0 Å². The Labute approximate surface area is 137 Å². The number of ether oxygens (including phenoxy) is 1. The minimum absolute atomic E-state index is 0.0155. The van der Waals surface area contributed by atoms with Crippen LogP contribution in [0.25, 0.3) is 0 Å². The predicted molar refractivity (Wildman–Crippen MR) is 89.7 cm³/mol. The quantitative estimate of drug-likeness (QED) is 0.844. The molecule has 0 unspecified atom stereocenters. The van der Waals surface area contributed by atoms with E-state index < -0.39 is 0 Å². The van der Waals surface area contributed by atoms with Gasteiger partial charge in [0.25, 0.3) is 5.91 Å². The zero-order valence-corrected chi connectivity index (χ0v) is 13.5. The Morgan fingerprint density at radius 3 is 2.96 bits per heavy atom. The summed E-state index contributed by atoms with van der Waals surface area (Å²) >= 11 is 0. The molecule has 0 bridgehead atoms. The summed E-state index contributed by atoms with van der Waals surface area (Å²) < 4.78 is 5.64. The first-order valence-corrected chi connectivity index (χ1v) is 8.66. The second-order valence-electron chi connectivity index (χ2n) is 6.37. The molecule has 23 heavy (non-hydrogen) atoms. The molecule has 2 heterocycles. The molecule has 2 fully saturated rings. The molecular weight excluding hydrogens is 292 g/mol. The van der Waals surface area contributed by atoms with Crippen LogP contribution in [0.5, 0.6) is 0 Å². The third-order valence-corrected chi connectivity index (χ3v) is 4.81. The van der Waals surface area contributed by atoms with Gasteiger partial charge in [-0.25, -0.2) is 0 Å². The smallest absolute Gasteiger partial charge is 0.256 e. The monoisotopic (exact) mass is 318 g/mol. The first-order valence-electron chi connectivity index (χ1n) is 8.66. The average Bonchev–Trinajstić information content (AvgIpc) is 3.26. The van der Waals surface area contributed by atoms with Crippen LogP contribution < -0.4 is 5.32 Å². The fraction of sp³-hybridized carbons (Fsp3) is 0.611. The summed E-state index contributed by atoms with van der Waals surface area (Å²) in [5, 5.41) is 12.8. The molecule has 2 aliphatic heterocycles. The molecule has 0 spiro atoms. The van der Waals surface area contributed by atoms with E-state index in [0.717, 1.165) is 57.5 Å². The summed E-state index contributed by atoms with van der Waals surface area (Å²) in [6.45, 7) is 2.45. The third-order valence-electron chi connectivity index (χ3n) is 4.81. The van der Waals surface area contributed by atoms with E-state index in [4.69, 9.17) is 4.74 Å². The Morgan fingerprint density at radius 1 is 1.30 bits per heavy atom. The van der Waals surface area contributed by atoms with Crippen LogP contribution in [0.1, 0.15) is 42.5 Å². The van der Waals surface area contributed by atoms with E-state index in [9.17, 15) is 9.90 Å². The number of nitrogens with one attached hydrogen (secondary N) is 1. The number of rotatable bonds is 6. The maximum atomic E-state index is 12.8. The number of amides is 1. The summed E-state index contributed by atoms with van der Waals surface area (Å²) in [6.07, 6.45) is 5.45. The van der Waals surface area contributed by atoms with E-state index in [1.165, 1.54) is 0 Å². The van der Waals surface area contributed by atoms with E-state index >= 15 is 0 Å². The van der Waals surface area contributed by atoms with Gasteiger partial charge in [0.2, 0.25) is 0 Å². The van der Waals surface area contributed by atoms with Crippen molar-refractivity contribution in [3.8, 4) is 0 Å². The van der Waals surface area contributed by atoms with Crippen LogP contribution in [-0.4, -0.2) is 54.4 Å². The SMILES string of the molecule is O=C(c1ccccc1NCC[C@H]1CCCO1)N1CCC[C@H]1CO. The molecule has 1 amide bonds. The van der Waals surface area contributed by atoms with Crippen LogP contribution in [0, 0.1) is 0 Å². The summed E-state index contributed by atoms with van der Waals surface area (Å²) in [4.78, 5) is 14.6. The third kappa shape index (κ3) is 3.85. The molecule has 1 aromatic rings. The Hall–Kier alpha value is -1.59. The normalized spacial score (nSPS) is 24.1. The van der Waals surface area contributed by atoms with Gasteiger partial charge in [-0.3, -0.25) is 4.79 Å². The van der Waals surface area contributed by atoms with Gasteiger partial charge in [0.05, 0.1) is 24.3 Å². The number of para-hydroxylation sites is 1. The lowest BCUT2D eigenvalue weighted by Crippen LogP contribution is -2.38. The maximum Gasteiger partial charge on any atom is 0.256 e. The Bertz CT molecular complexity index is 529. The van der Waals surface area contributed by atoms with E-state index in [2.05, 4.69) is 5.32 Å². The van der Waals surface area contributed by atoms with Crippen molar-refractivity contribution < 1.29 is 14.6 Å². The molecule has 2 aliphatic rings. The van der Waals surface area contributed by atoms with Crippen LogP contribution >= 0.6 is 0 Å². The van der Waals surface area contributed by atoms with Crippen LogP contribution in [0.15, 0.2) is 24.3 Å². The van der Waals surface area contributed by atoms with Gasteiger partial charge in [0.1, 0.15) is 0 Å². The molecular formula is C18H26N2O3. The number of nitrogens with zero attached hydrogens (tertiary/aromatic N) is 1. The van der Waals surface area contributed by atoms with Crippen molar-refractivity contribution in [3.05, 3.63) is 29.8 Å². The Morgan fingerprint density at radius 2 is 2.17 bits per heavy atom. The molecule has 0 aromatic heterocycles. The standard InChI is InChI=1S/C18H26N2O3/c21-13-14-5-3-11-20(14)18(22)16-7-1-2-8-17(16)19-10-9-15-6-4-12-23-15/h1-2,7-8,14-15,19,21H,3-6,9-13H2/t14-,15+/m0/s1. The highest BCUT2D eigenvalue weighted by molar-refractivity contribution is 5.99. The first-order chi connectivity index (χ1) is 11.3. The van der Waals surface area contributed by atoms with Crippen molar-refractivity contribution in [1.82, 2.24) is 4.90 Å². The van der Waals surface area contributed by atoms with Crippen LogP contribution in [-0.2, 0) is 4.74 Å². The van der Waals surface area contributed by atoms with Crippen molar-refractivity contribution >= 4 is 11.6 Å². The largest absolute Gasteiger partial charge is 0.394 e. The molecule has 5 heteroatoms. The van der Waals surface area contributed by atoms with Gasteiger partial charge in [-0.15, -0.1) is 0 Å². The van der Waals surface area contributed by atoms with Gasteiger partial charge >= 0.3 is 0 Å². The first kappa shape index (κ1) is 16.3. The summed E-state index contributed by atoms with van der Waals surface area (Å²) in [5.74, 6) is 0.0155. The Balaban J connectivity index is 1.63. The van der Waals surface area contributed by atoms with Crippen molar-refractivity contribution in [2.45, 2.75) is 44.2 Å². The molecule has 2 atom stereocenters. The molecule has 0 radical (unpaired) electrons. The number of anilines is 1. The van der Waals surface area contributed by atoms with Crippen molar-refractivity contribution in [2.24, 2.45) is 0 Å². The van der Waals surface area contributed by atoms with E-state index in [-0.39, 0.29) is 18.6 Å². The van der Waals surface area contributed by atoms with Crippen molar-refractivity contribution in [1.29, 1.82) is 0 Å². The van der Waals surface area contributed by atoms with Gasteiger partial charge in [-0.05, 0) is 44.2 Å². The maximum absolute atomic E-state index is 12.8. The highest BCUT2D eigenvalue weighted by Gasteiger charge is 2.29. The van der Waals surface area contributed by atoms with Gasteiger partial charge < -0.3 is 20.1 Å². The van der Waals surface area contributed by atoms with Crippen LogP contribution in [0.2, 0.25) is 0 Å². The fourth-order valence-electron chi connectivity index (χ4n) is 3.51. The number of aliphatic hydroxyl groups excluding tert-OH is 1. The topological polar surface area (TPSA) is 61.8 Å². The number of carbonyl (C=O) groups excluding carboxylic acids is 1. The molecule has 0 saturated carbocycles. The molecule has 2 N–H and O–H groups in total. The van der Waals surface area contributed by atoms with Gasteiger partial charge in [0, 0.05) is 25.4 Å². The predicted octanol–water partition coefficient (Wildman–Crippen LogP) is 2.26. The second kappa shape index (κ2) is 7.79. The van der Waals surface area contributed by atoms with Gasteiger partial charge in [-0.1, -0.05) is 12.1 Å². The number of likely N-dealkylation sites (tertiary alicyclic amines) is 1. The Kier molecular flexibility index (Phi) is 5.51. The lowest BCUT2D eigenvalue weighted by atomic mass is 10.1. The van der Waals surface area contributed by atoms with E-state index in [0.29, 0.717) is 11.7 Å². The minimum atomic E-state index is -0.0394. The summed E-state index contributed by atoms with van der Waals surface area (Å²) in [7, 11) is 0. The number of aliphatic hydroxyl groups is 1. The van der Waals surface area contributed by atoms with Crippen molar-refractivity contribution in [2.75, 3.05) is 31.6 Å². The highest BCUT2D eigenvalue weighted by atomic mass is 16.5. The fourth-order valence-corrected chi connectivity index (χ4v) is 3.51. The molecule has 3 rings (SSSR count). The lowest BCUT2D eigenvalue weighted by molar-refractivity contribution is 0.0678. The highest BCUT2D eigenvalue weighted by Crippen LogP contribution is 2.24. The van der Waals surface area contributed by atoms with E-state index in [1.807, 2.05) is 24.3 Å². The van der Waals surface area contributed by atoms with Gasteiger partial charge in [0.15, 0.2) is 0 Å². The number of hydrogen-bond acceptors (Lipinski definition) is 4. The summed E-state index contributed by atoms with van der Waals surface area (Å²) in [6, 6.07) is 7.61. The van der Waals surface area contributed by atoms with E-state index in [1.54, 1.807) is 4.90 Å². The lowest BCUT2D eigenvalue weighted by Gasteiger charge is -2.24. The number of benzene rings is 1. The molecule has 1 aromatic carbocycles. The number of carbonyl (C=O) groups is 1. The summed E-state index contributed by atoms with van der Waals surface area (Å²) in [5.41, 5.74) is 1.57. The zero-order chi connectivity index (χ0) is 16.1. The zero-order valence-electron chi connectivity index (χ0n) is 13.5. The second-order valence-corrected chi connectivity index (χ2v) is 6.37. The molecule has 126 valence electrons. The molecule has 0 aliphatic carbocycles. The van der Waals surface area contributed by atoms with Crippen LogP contribution in [0.3, 0.4) is 0 Å².